The van der Waals surface area contributed by atoms with Gasteiger partial charge in [-0.3, -0.25) is 9.59 Å². The number of amides is 1. The number of Topliss-reactive ketones (excluding diaryl/α,β-unsaturated/α-hetero) is 1. The molecule has 0 aliphatic heterocycles. The fourth-order valence-electron chi connectivity index (χ4n) is 3.20. The van der Waals surface area contributed by atoms with Crippen molar-refractivity contribution >= 4 is 11.7 Å². The highest BCUT2D eigenvalue weighted by molar-refractivity contribution is 5.80. The average Bonchev–Trinajstić information content (AvgIpc) is 2.79. The first-order chi connectivity index (χ1) is 15.0. The molecule has 31 heavy (non-hydrogen) atoms. The van der Waals surface area contributed by atoms with Gasteiger partial charge in [0.05, 0.1) is 6.61 Å². The highest BCUT2D eigenvalue weighted by Crippen LogP contribution is 2.12. The molecule has 0 spiro atoms. The minimum atomic E-state index is 0.137. The van der Waals surface area contributed by atoms with Crippen LogP contribution in [-0.2, 0) is 27.5 Å². The minimum Gasteiger partial charge on any atom is -0.377 e. The van der Waals surface area contributed by atoms with Crippen LogP contribution in [0.15, 0.2) is 24.3 Å². The molecule has 1 rings (SSSR count). The van der Waals surface area contributed by atoms with E-state index in [2.05, 4.69) is 17.4 Å². The predicted molar refractivity (Wildman–Crippen MR) is 131 cm³/mol. The number of ether oxygens (including phenoxy) is 1. The van der Waals surface area contributed by atoms with E-state index in [0.717, 1.165) is 49.8 Å². The molecule has 0 saturated heterocycles. The average molecular weight is 434 g/mol. The molecule has 1 amide bonds. The molecule has 0 radical (unpaired) electrons. The third kappa shape index (κ3) is 16.7. The van der Waals surface area contributed by atoms with Gasteiger partial charge < -0.3 is 10.1 Å². The summed E-state index contributed by atoms with van der Waals surface area (Å²) in [5.41, 5.74) is 2.28. The Morgan fingerprint density at radius 1 is 0.806 bits per heavy atom. The Bertz CT molecular complexity index is 566. The van der Waals surface area contributed by atoms with Crippen molar-refractivity contribution in [1.29, 1.82) is 0 Å². The summed E-state index contributed by atoms with van der Waals surface area (Å²) in [5.74, 6) is 0.707. The Labute approximate surface area is 191 Å². The molecule has 0 heterocycles. The summed E-state index contributed by atoms with van der Waals surface area (Å²) >= 11 is 0. The Morgan fingerprint density at radius 3 is 1.81 bits per heavy atom. The maximum atomic E-state index is 12.0. The number of ketones is 1. The zero-order chi connectivity index (χ0) is 23.3. The molecule has 0 atom stereocenters. The van der Waals surface area contributed by atoms with E-state index in [4.69, 9.17) is 4.74 Å². The van der Waals surface area contributed by atoms with Gasteiger partial charge in [-0.1, -0.05) is 90.5 Å². The lowest BCUT2D eigenvalue weighted by atomic mass is 10.0. The zero-order valence-corrected chi connectivity index (χ0v) is 20.8. The Hall–Kier alpha value is -1.68. The number of rotatable bonds is 17. The molecule has 0 unspecified atom stereocenters. The van der Waals surface area contributed by atoms with E-state index >= 15 is 0 Å². The third-order valence-corrected chi connectivity index (χ3v) is 5.21. The number of carbonyl (C=O) groups excluding carboxylic acids is 2. The molecule has 0 aromatic heterocycles. The lowest BCUT2D eigenvalue weighted by Gasteiger charge is -2.07. The van der Waals surface area contributed by atoms with Crippen molar-refractivity contribution in [3.05, 3.63) is 35.4 Å². The lowest BCUT2D eigenvalue weighted by Crippen LogP contribution is -2.22. The number of hydrogen-bond donors (Lipinski definition) is 1. The first kappa shape index (κ1) is 29.3. The number of unbranched alkanes of at least 4 members (excludes halogenated alkanes) is 7. The second-order valence-corrected chi connectivity index (χ2v) is 8.18. The summed E-state index contributed by atoms with van der Waals surface area (Å²) in [4.78, 5) is 23.5. The molecule has 1 aromatic rings. The minimum absolute atomic E-state index is 0.137. The molecule has 1 N–H and O–H groups in total. The van der Waals surface area contributed by atoms with Crippen LogP contribution in [0.2, 0.25) is 0 Å². The molecule has 0 aliphatic carbocycles. The zero-order valence-electron chi connectivity index (χ0n) is 20.8. The van der Waals surface area contributed by atoms with E-state index in [9.17, 15) is 9.59 Å². The Balaban J connectivity index is 0.00000436. The SMILES string of the molecule is CC.CCOCc1ccc(CNC(=O)CCCCCCCCCCC(=O)C(C)C)cc1. The van der Waals surface area contributed by atoms with E-state index in [-0.39, 0.29) is 11.8 Å². The van der Waals surface area contributed by atoms with Gasteiger partial charge >= 0.3 is 0 Å². The second-order valence-electron chi connectivity index (χ2n) is 8.18. The monoisotopic (exact) mass is 433 g/mol. The topological polar surface area (TPSA) is 55.4 Å². The highest BCUT2D eigenvalue weighted by atomic mass is 16.5. The molecule has 4 heteroatoms. The van der Waals surface area contributed by atoms with E-state index in [1.54, 1.807) is 0 Å². The van der Waals surface area contributed by atoms with Crippen molar-refractivity contribution in [2.45, 2.75) is 112 Å². The fourth-order valence-corrected chi connectivity index (χ4v) is 3.20. The number of carbonyl (C=O) groups is 2. The molecule has 0 bridgehead atoms. The summed E-state index contributed by atoms with van der Waals surface area (Å²) in [6, 6.07) is 8.21. The number of nitrogens with one attached hydrogen (secondary N) is 1. The molecule has 0 aliphatic rings. The first-order valence-corrected chi connectivity index (χ1v) is 12.5. The van der Waals surface area contributed by atoms with Crippen LogP contribution in [0.1, 0.15) is 110 Å². The van der Waals surface area contributed by atoms with Crippen LogP contribution >= 0.6 is 0 Å². The summed E-state index contributed by atoms with van der Waals surface area (Å²) in [6.45, 7) is 11.9. The van der Waals surface area contributed by atoms with Crippen molar-refractivity contribution in [2.75, 3.05) is 6.61 Å². The van der Waals surface area contributed by atoms with Crippen molar-refractivity contribution < 1.29 is 14.3 Å². The van der Waals surface area contributed by atoms with Crippen molar-refractivity contribution in [2.24, 2.45) is 5.92 Å². The third-order valence-electron chi connectivity index (χ3n) is 5.21. The van der Waals surface area contributed by atoms with Crippen LogP contribution in [0.3, 0.4) is 0 Å². The number of hydrogen-bond acceptors (Lipinski definition) is 3. The Morgan fingerprint density at radius 2 is 1.29 bits per heavy atom. The van der Waals surface area contributed by atoms with Crippen molar-refractivity contribution in [1.82, 2.24) is 5.32 Å². The van der Waals surface area contributed by atoms with Crippen molar-refractivity contribution in [3.8, 4) is 0 Å². The van der Waals surface area contributed by atoms with Crippen LogP contribution in [0.5, 0.6) is 0 Å². The first-order valence-electron chi connectivity index (χ1n) is 12.5. The predicted octanol–water partition coefficient (Wildman–Crippen LogP) is 6.99. The quantitative estimate of drug-likeness (QED) is 0.269. The molecule has 178 valence electrons. The van der Waals surface area contributed by atoms with Crippen LogP contribution in [0, 0.1) is 5.92 Å². The van der Waals surface area contributed by atoms with Gasteiger partial charge in [0, 0.05) is 31.9 Å². The maximum absolute atomic E-state index is 12.0. The second kappa shape index (κ2) is 20.2. The smallest absolute Gasteiger partial charge is 0.220 e. The maximum Gasteiger partial charge on any atom is 0.220 e. The van der Waals surface area contributed by atoms with E-state index < -0.39 is 0 Å². The molecule has 0 saturated carbocycles. The Kier molecular flexibility index (Phi) is 19.1. The fraction of sp³-hybridized carbons (Fsp3) is 0.704. The summed E-state index contributed by atoms with van der Waals surface area (Å²) < 4.78 is 5.39. The molecule has 1 aromatic carbocycles. The lowest BCUT2D eigenvalue weighted by molar-refractivity contribution is -0.122. The van der Waals surface area contributed by atoms with Gasteiger partial charge in [-0.05, 0) is 30.9 Å². The van der Waals surface area contributed by atoms with Crippen LogP contribution in [0.4, 0.5) is 0 Å². The van der Waals surface area contributed by atoms with Crippen LogP contribution in [-0.4, -0.2) is 18.3 Å². The molecular formula is C27H47NO3. The van der Waals surface area contributed by atoms with Gasteiger partial charge in [-0.2, -0.15) is 0 Å². The molecule has 4 nitrogen and oxygen atoms in total. The van der Waals surface area contributed by atoms with E-state index in [0.29, 0.717) is 25.4 Å². The van der Waals surface area contributed by atoms with Gasteiger partial charge in [-0.15, -0.1) is 0 Å². The highest BCUT2D eigenvalue weighted by Gasteiger charge is 2.06. The molecule has 0 fully saturated rings. The van der Waals surface area contributed by atoms with E-state index in [1.165, 1.54) is 25.7 Å². The molecular weight excluding hydrogens is 386 g/mol. The van der Waals surface area contributed by atoms with Crippen LogP contribution in [0.25, 0.3) is 0 Å². The standard InChI is InChI=1S/C25H41NO3.C2H6/c1-4-29-20-23-17-15-22(16-18-23)19-26-25(28)14-12-10-8-6-5-7-9-11-13-24(27)21(2)3;1-2/h15-18,21H,4-14,19-20H2,1-3H3,(H,26,28);1-2H3. The summed E-state index contributed by atoms with van der Waals surface area (Å²) in [7, 11) is 0. The van der Waals surface area contributed by atoms with Gasteiger partial charge in [0.15, 0.2) is 0 Å². The van der Waals surface area contributed by atoms with Gasteiger partial charge in [0.2, 0.25) is 5.91 Å². The van der Waals surface area contributed by atoms with Crippen LogP contribution < -0.4 is 5.32 Å². The summed E-state index contributed by atoms with van der Waals surface area (Å²) in [5, 5.41) is 3.01. The van der Waals surface area contributed by atoms with Gasteiger partial charge in [0.25, 0.3) is 0 Å². The number of benzene rings is 1. The van der Waals surface area contributed by atoms with Gasteiger partial charge in [-0.25, -0.2) is 0 Å². The van der Waals surface area contributed by atoms with E-state index in [1.807, 2.05) is 46.8 Å². The normalized spacial score (nSPS) is 10.5. The summed E-state index contributed by atoms with van der Waals surface area (Å²) in [6.07, 6.45) is 10.5. The largest absolute Gasteiger partial charge is 0.377 e. The van der Waals surface area contributed by atoms with Crippen molar-refractivity contribution in [3.63, 3.8) is 0 Å². The van der Waals surface area contributed by atoms with Gasteiger partial charge in [0.1, 0.15) is 5.78 Å².